The Labute approximate surface area is 200 Å². The third kappa shape index (κ3) is 4.22. The second-order valence-corrected chi connectivity index (χ2v) is 8.96. The molecule has 2 unspecified atom stereocenters. The minimum absolute atomic E-state index is 0.170. The number of rotatable bonds is 3. The molecule has 2 heterocycles. The molecule has 33 heavy (non-hydrogen) atoms. The number of carbonyl (C=O) groups excluding carboxylic acids is 1. The number of hydrogen-bond donors (Lipinski definition) is 1. The van der Waals surface area contributed by atoms with Gasteiger partial charge in [-0.25, -0.2) is 4.98 Å². The molecule has 1 fully saturated rings. The van der Waals surface area contributed by atoms with Crippen molar-refractivity contribution in [3.8, 4) is 6.07 Å². The van der Waals surface area contributed by atoms with Crippen molar-refractivity contribution in [2.24, 2.45) is 16.9 Å². The van der Waals surface area contributed by atoms with Gasteiger partial charge >= 0.3 is 0 Å². The van der Waals surface area contributed by atoms with Gasteiger partial charge in [-0.3, -0.25) is 9.80 Å². The van der Waals surface area contributed by atoms with Crippen LogP contribution in [0, 0.1) is 23.2 Å². The van der Waals surface area contributed by atoms with Crippen LogP contribution >= 0.6 is 11.6 Å². The summed E-state index contributed by atoms with van der Waals surface area (Å²) in [5, 5.41) is 19.6. The molecule has 2 aromatic rings. The van der Waals surface area contributed by atoms with Gasteiger partial charge in [0.15, 0.2) is 0 Å². The van der Waals surface area contributed by atoms with Crippen LogP contribution in [0.25, 0.3) is 0 Å². The maximum Gasteiger partial charge on any atom is 0.269 e. The van der Waals surface area contributed by atoms with E-state index in [1.165, 1.54) is 25.7 Å². The number of hydrogen-bond acceptors (Lipinski definition) is 5. The normalized spacial score (nSPS) is 21.3. The average molecular weight is 464 g/mol. The fraction of sp³-hybridized carbons (Fsp3) is 0.462. The molecule has 2 aliphatic carbocycles. The van der Waals surface area contributed by atoms with Crippen LogP contribution in [0.1, 0.15) is 73.3 Å². The molecule has 0 spiro atoms. The molecule has 172 valence electrons. The Hall–Kier alpha value is -2.91. The van der Waals surface area contributed by atoms with Crippen LogP contribution in [0.2, 0.25) is 5.02 Å². The van der Waals surface area contributed by atoms with E-state index >= 15 is 0 Å². The lowest BCUT2D eigenvalue weighted by molar-refractivity contribution is 0.0958. The van der Waals surface area contributed by atoms with E-state index < -0.39 is 0 Å². The molecule has 1 aliphatic heterocycles. The summed E-state index contributed by atoms with van der Waals surface area (Å²) in [6, 6.07) is 11.8. The van der Waals surface area contributed by atoms with Crippen LogP contribution in [0.4, 0.5) is 5.69 Å². The van der Waals surface area contributed by atoms with Crippen molar-refractivity contribution in [2.75, 3.05) is 12.1 Å². The second-order valence-electron chi connectivity index (χ2n) is 8.56. The zero-order valence-electron chi connectivity index (χ0n) is 19.4. The molecule has 0 radical (unpaired) electrons. The number of carbonyl (C=O) groups is 1. The number of nitrogens with one attached hydrogen (secondary N) is 1. The third-order valence-electron chi connectivity index (χ3n) is 6.88. The van der Waals surface area contributed by atoms with E-state index in [0.29, 0.717) is 28.1 Å². The number of anilines is 1. The van der Waals surface area contributed by atoms with Gasteiger partial charge in [-0.1, -0.05) is 38.3 Å². The number of benzene rings is 1. The number of amides is 1. The van der Waals surface area contributed by atoms with Crippen molar-refractivity contribution in [1.82, 2.24) is 10.3 Å². The van der Waals surface area contributed by atoms with Gasteiger partial charge < -0.3 is 5.32 Å². The predicted octanol–water partition coefficient (Wildman–Crippen LogP) is 5.34. The Morgan fingerprint density at radius 2 is 1.94 bits per heavy atom. The van der Waals surface area contributed by atoms with E-state index in [4.69, 9.17) is 16.7 Å². The number of nitrogens with zero attached hydrogens (tertiary/aromatic N) is 4. The number of fused-ring (bicyclic) bond motifs is 3. The molecule has 1 aromatic heterocycles. The number of hydrazone groups is 1. The van der Waals surface area contributed by atoms with Crippen LogP contribution in [-0.4, -0.2) is 29.7 Å². The SMILES string of the molecule is CC.CNC(=O)c1ccc2c(n1)CCC1C2=NN(c2ccc(C#N)c(Cl)c2)C1C1CCCC1. The third-order valence-corrected chi connectivity index (χ3v) is 7.20. The van der Waals surface area contributed by atoms with Gasteiger partial charge in [-0.2, -0.15) is 10.4 Å². The van der Waals surface area contributed by atoms with Crippen molar-refractivity contribution < 1.29 is 4.79 Å². The highest BCUT2D eigenvalue weighted by Crippen LogP contribution is 2.44. The summed E-state index contributed by atoms with van der Waals surface area (Å²) in [6.07, 6.45) is 6.76. The summed E-state index contributed by atoms with van der Waals surface area (Å²) < 4.78 is 0. The number of pyridine rings is 1. The molecular weight excluding hydrogens is 434 g/mol. The monoisotopic (exact) mass is 463 g/mol. The molecular formula is C26H30ClN5O. The Kier molecular flexibility index (Phi) is 6.99. The summed E-state index contributed by atoms with van der Waals surface area (Å²) in [5.74, 6) is 0.744. The van der Waals surface area contributed by atoms with E-state index in [0.717, 1.165) is 35.5 Å². The van der Waals surface area contributed by atoms with Gasteiger partial charge in [0.25, 0.3) is 5.91 Å². The first-order chi connectivity index (χ1) is 16.1. The molecule has 1 N–H and O–H groups in total. The van der Waals surface area contributed by atoms with Gasteiger partial charge in [-0.15, -0.1) is 0 Å². The summed E-state index contributed by atoms with van der Waals surface area (Å²) in [6.45, 7) is 4.00. The Balaban J connectivity index is 0.00000126. The van der Waals surface area contributed by atoms with Crippen molar-refractivity contribution in [1.29, 1.82) is 5.26 Å². The first kappa shape index (κ1) is 23.3. The van der Waals surface area contributed by atoms with E-state index in [2.05, 4.69) is 21.4 Å². The van der Waals surface area contributed by atoms with Crippen molar-refractivity contribution in [3.63, 3.8) is 0 Å². The highest BCUT2D eigenvalue weighted by Gasteiger charge is 2.46. The maximum absolute atomic E-state index is 12.0. The number of nitriles is 1. The molecule has 0 bridgehead atoms. The lowest BCUT2D eigenvalue weighted by Gasteiger charge is -2.34. The summed E-state index contributed by atoms with van der Waals surface area (Å²) >= 11 is 6.36. The highest BCUT2D eigenvalue weighted by molar-refractivity contribution is 6.32. The standard InChI is InChI=1S/C24H24ClN5O.C2H6/c1-27-24(31)21-11-8-17-20(28-21)10-9-18-22(17)29-30(23(18)14-4-2-3-5-14)16-7-6-15(13-26)19(25)12-16;1-2/h6-8,11-12,14,18,23H,2-5,9-10H2,1H3,(H,27,31);1-2H3. The van der Waals surface area contributed by atoms with E-state index in [9.17, 15) is 10.1 Å². The van der Waals surface area contributed by atoms with Crippen LogP contribution in [0.5, 0.6) is 0 Å². The molecule has 5 rings (SSSR count). The van der Waals surface area contributed by atoms with Crippen molar-refractivity contribution in [2.45, 2.75) is 58.4 Å². The number of aryl methyl sites for hydroxylation is 1. The van der Waals surface area contributed by atoms with Crippen LogP contribution in [-0.2, 0) is 6.42 Å². The number of halogens is 1. The van der Waals surface area contributed by atoms with Gasteiger partial charge in [0.1, 0.15) is 11.8 Å². The van der Waals surface area contributed by atoms with Gasteiger partial charge in [0.05, 0.1) is 33.7 Å². The first-order valence-corrected chi connectivity index (χ1v) is 12.3. The molecule has 7 heteroatoms. The zero-order valence-corrected chi connectivity index (χ0v) is 20.2. The average Bonchev–Trinajstić information content (AvgIpc) is 3.52. The molecule has 2 atom stereocenters. The largest absolute Gasteiger partial charge is 0.354 e. The van der Waals surface area contributed by atoms with Crippen LogP contribution < -0.4 is 10.3 Å². The quantitative estimate of drug-likeness (QED) is 0.666. The van der Waals surface area contributed by atoms with E-state index in [1.807, 2.05) is 32.0 Å². The first-order valence-electron chi connectivity index (χ1n) is 11.9. The molecule has 6 nitrogen and oxygen atoms in total. The number of aromatic nitrogens is 1. The second kappa shape index (κ2) is 9.93. The van der Waals surface area contributed by atoms with E-state index in [-0.39, 0.29) is 11.9 Å². The fourth-order valence-electron chi connectivity index (χ4n) is 5.42. The predicted molar refractivity (Wildman–Crippen MR) is 132 cm³/mol. The highest BCUT2D eigenvalue weighted by atomic mass is 35.5. The summed E-state index contributed by atoms with van der Waals surface area (Å²) in [7, 11) is 1.62. The topological polar surface area (TPSA) is 81.4 Å². The lowest BCUT2D eigenvalue weighted by Crippen LogP contribution is -2.40. The molecule has 0 saturated heterocycles. The lowest BCUT2D eigenvalue weighted by atomic mass is 9.76. The minimum atomic E-state index is -0.170. The maximum atomic E-state index is 12.0. The summed E-state index contributed by atoms with van der Waals surface area (Å²) in [5.41, 5.74) is 4.91. The van der Waals surface area contributed by atoms with Gasteiger partial charge in [-0.05, 0) is 61.9 Å². The Bertz CT molecular complexity index is 1120. The molecule has 1 aromatic carbocycles. The van der Waals surface area contributed by atoms with Crippen LogP contribution in [0.15, 0.2) is 35.4 Å². The Morgan fingerprint density at radius 1 is 1.18 bits per heavy atom. The van der Waals surface area contributed by atoms with E-state index in [1.54, 1.807) is 19.2 Å². The molecule has 3 aliphatic rings. The van der Waals surface area contributed by atoms with Crippen molar-refractivity contribution in [3.05, 3.63) is 57.9 Å². The van der Waals surface area contributed by atoms with Gasteiger partial charge in [0, 0.05) is 18.5 Å². The van der Waals surface area contributed by atoms with Crippen molar-refractivity contribution >= 4 is 28.9 Å². The molecule has 1 amide bonds. The smallest absolute Gasteiger partial charge is 0.269 e. The molecule has 1 saturated carbocycles. The van der Waals surface area contributed by atoms with Gasteiger partial charge in [0.2, 0.25) is 0 Å². The Morgan fingerprint density at radius 3 is 2.61 bits per heavy atom. The minimum Gasteiger partial charge on any atom is -0.354 e. The fourth-order valence-corrected chi connectivity index (χ4v) is 5.63. The zero-order chi connectivity index (χ0) is 23.5. The summed E-state index contributed by atoms with van der Waals surface area (Å²) in [4.78, 5) is 16.7. The van der Waals surface area contributed by atoms with Crippen LogP contribution in [0.3, 0.4) is 0 Å².